The van der Waals surface area contributed by atoms with E-state index >= 15 is 0 Å². The summed E-state index contributed by atoms with van der Waals surface area (Å²) in [5.74, 6) is -0.176. The molecule has 0 aromatic heterocycles. The summed E-state index contributed by atoms with van der Waals surface area (Å²) >= 11 is 0. The molecule has 2 aromatic carbocycles. The molecule has 1 saturated heterocycles. The minimum absolute atomic E-state index is 0.0420. The summed E-state index contributed by atoms with van der Waals surface area (Å²) in [5, 5.41) is 2.84. The molecule has 28 heavy (non-hydrogen) atoms. The number of urea groups is 1. The number of hydrogen-bond donors (Lipinski definition) is 1. The van der Waals surface area contributed by atoms with Gasteiger partial charge < -0.3 is 15.0 Å². The molecule has 6 nitrogen and oxygen atoms in total. The molecule has 7 heteroatoms. The van der Waals surface area contributed by atoms with Gasteiger partial charge in [-0.1, -0.05) is 18.2 Å². The van der Waals surface area contributed by atoms with Crippen LogP contribution in [-0.2, 0) is 6.54 Å². The fourth-order valence-electron chi connectivity index (χ4n) is 3.19. The van der Waals surface area contributed by atoms with Crippen molar-refractivity contribution in [2.45, 2.75) is 13.5 Å². The Morgan fingerprint density at radius 2 is 1.86 bits per heavy atom. The number of benzene rings is 2. The number of halogens is 1. The lowest BCUT2D eigenvalue weighted by molar-refractivity contribution is 0.101. The van der Waals surface area contributed by atoms with E-state index < -0.39 is 0 Å². The Bertz CT molecular complexity index is 864. The van der Waals surface area contributed by atoms with Crippen LogP contribution < -0.4 is 10.1 Å². The molecular weight excluding hydrogens is 361 g/mol. The summed E-state index contributed by atoms with van der Waals surface area (Å²) < 4.78 is 18.8. The number of methoxy groups -OCH3 is 1. The Balaban J connectivity index is 1.52. The van der Waals surface area contributed by atoms with Gasteiger partial charge in [-0.3, -0.25) is 9.69 Å². The molecule has 0 aliphatic carbocycles. The molecule has 0 atom stereocenters. The van der Waals surface area contributed by atoms with E-state index in [1.807, 2.05) is 6.07 Å². The predicted molar refractivity (Wildman–Crippen MR) is 105 cm³/mol. The summed E-state index contributed by atoms with van der Waals surface area (Å²) in [6.07, 6.45) is 0. The number of hydrogen-bond acceptors (Lipinski definition) is 4. The minimum Gasteiger partial charge on any atom is -0.494 e. The van der Waals surface area contributed by atoms with E-state index in [1.165, 1.54) is 20.1 Å². The summed E-state index contributed by atoms with van der Waals surface area (Å²) in [6, 6.07) is 11.7. The number of anilines is 1. The SMILES string of the molecule is COc1ccc(CN2CCN(C(=O)Nc3cccc(C(C)=O)c3)CC2)cc1F. The highest BCUT2D eigenvalue weighted by molar-refractivity contribution is 5.96. The van der Waals surface area contributed by atoms with Gasteiger partial charge in [0.15, 0.2) is 17.3 Å². The molecule has 1 aliphatic rings. The maximum atomic E-state index is 13.8. The van der Waals surface area contributed by atoms with Gasteiger partial charge in [0, 0.05) is 44.0 Å². The van der Waals surface area contributed by atoms with E-state index in [-0.39, 0.29) is 23.4 Å². The first-order chi connectivity index (χ1) is 13.5. The fraction of sp³-hybridized carbons (Fsp3) is 0.333. The Labute approximate surface area is 163 Å². The van der Waals surface area contributed by atoms with Crippen LogP contribution in [-0.4, -0.2) is 54.9 Å². The smallest absolute Gasteiger partial charge is 0.321 e. The number of nitrogens with one attached hydrogen (secondary N) is 1. The molecule has 0 spiro atoms. The maximum Gasteiger partial charge on any atom is 0.321 e. The number of carbonyl (C=O) groups is 2. The Morgan fingerprint density at radius 3 is 2.50 bits per heavy atom. The van der Waals surface area contributed by atoms with Crippen LogP contribution in [0.2, 0.25) is 0 Å². The minimum atomic E-state index is -0.370. The first-order valence-electron chi connectivity index (χ1n) is 9.18. The van der Waals surface area contributed by atoms with Crippen molar-refractivity contribution in [3.63, 3.8) is 0 Å². The Hall–Kier alpha value is -2.93. The van der Waals surface area contributed by atoms with Gasteiger partial charge in [0.25, 0.3) is 0 Å². The normalized spacial score (nSPS) is 14.6. The number of rotatable bonds is 5. The van der Waals surface area contributed by atoms with Crippen LogP contribution in [0, 0.1) is 5.82 Å². The van der Waals surface area contributed by atoms with Crippen molar-refractivity contribution >= 4 is 17.5 Å². The van der Waals surface area contributed by atoms with Gasteiger partial charge in [0.1, 0.15) is 0 Å². The largest absolute Gasteiger partial charge is 0.494 e. The molecule has 0 radical (unpaired) electrons. The Morgan fingerprint density at radius 1 is 1.11 bits per heavy atom. The zero-order chi connectivity index (χ0) is 20.1. The van der Waals surface area contributed by atoms with Crippen molar-refractivity contribution in [3.05, 3.63) is 59.4 Å². The summed E-state index contributed by atoms with van der Waals surface area (Å²) in [7, 11) is 1.44. The molecule has 0 saturated carbocycles. The molecule has 1 N–H and O–H groups in total. The van der Waals surface area contributed by atoms with Crippen LogP contribution in [0.5, 0.6) is 5.75 Å². The topological polar surface area (TPSA) is 61.9 Å². The van der Waals surface area contributed by atoms with E-state index in [0.29, 0.717) is 44.0 Å². The fourth-order valence-corrected chi connectivity index (χ4v) is 3.19. The van der Waals surface area contributed by atoms with Crippen molar-refractivity contribution in [1.82, 2.24) is 9.80 Å². The second kappa shape index (κ2) is 8.84. The molecule has 3 rings (SSSR count). The van der Waals surface area contributed by atoms with Gasteiger partial charge in [0.05, 0.1) is 7.11 Å². The van der Waals surface area contributed by atoms with Gasteiger partial charge in [-0.05, 0) is 36.8 Å². The first kappa shape index (κ1) is 19.8. The summed E-state index contributed by atoms with van der Waals surface area (Å²) in [5.41, 5.74) is 2.04. The number of ether oxygens (including phenoxy) is 1. The molecule has 148 valence electrons. The zero-order valence-corrected chi connectivity index (χ0v) is 16.1. The van der Waals surface area contributed by atoms with Gasteiger partial charge in [-0.25, -0.2) is 9.18 Å². The third-order valence-electron chi connectivity index (χ3n) is 4.80. The lowest BCUT2D eigenvalue weighted by atomic mass is 10.1. The highest BCUT2D eigenvalue weighted by Gasteiger charge is 2.21. The molecule has 1 aliphatic heterocycles. The molecule has 1 fully saturated rings. The van der Waals surface area contributed by atoms with Crippen LogP contribution in [0.3, 0.4) is 0 Å². The second-order valence-corrected chi connectivity index (χ2v) is 6.80. The van der Waals surface area contributed by atoms with E-state index in [9.17, 15) is 14.0 Å². The van der Waals surface area contributed by atoms with E-state index in [1.54, 1.807) is 35.2 Å². The number of nitrogens with zero attached hydrogens (tertiary/aromatic N) is 2. The van der Waals surface area contributed by atoms with E-state index in [4.69, 9.17) is 4.74 Å². The third-order valence-corrected chi connectivity index (χ3v) is 4.80. The summed E-state index contributed by atoms with van der Waals surface area (Å²) in [4.78, 5) is 27.9. The number of amides is 2. The quantitative estimate of drug-likeness (QED) is 0.802. The summed E-state index contributed by atoms with van der Waals surface area (Å²) in [6.45, 7) is 4.68. The maximum absolute atomic E-state index is 13.8. The van der Waals surface area contributed by atoms with Gasteiger partial charge in [-0.15, -0.1) is 0 Å². The highest BCUT2D eigenvalue weighted by Crippen LogP contribution is 2.19. The average molecular weight is 385 g/mol. The van der Waals surface area contributed by atoms with E-state index in [2.05, 4.69) is 10.2 Å². The second-order valence-electron chi connectivity index (χ2n) is 6.80. The predicted octanol–water partition coefficient (Wildman–Crippen LogP) is 3.39. The number of carbonyl (C=O) groups excluding carboxylic acids is 2. The third kappa shape index (κ3) is 4.86. The molecule has 2 aromatic rings. The standard InChI is InChI=1S/C21H24FN3O3/c1-15(26)17-4-3-5-18(13-17)23-21(27)25-10-8-24(9-11-25)14-16-6-7-20(28-2)19(22)12-16/h3-7,12-13H,8-11,14H2,1-2H3,(H,23,27). The van der Waals surface area contributed by atoms with Crippen LogP contribution in [0.4, 0.5) is 14.9 Å². The van der Waals surface area contributed by atoms with Gasteiger partial charge >= 0.3 is 6.03 Å². The molecule has 1 heterocycles. The van der Waals surface area contributed by atoms with E-state index in [0.717, 1.165) is 5.56 Å². The highest BCUT2D eigenvalue weighted by atomic mass is 19.1. The van der Waals surface area contributed by atoms with Crippen molar-refractivity contribution in [2.75, 3.05) is 38.6 Å². The van der Waals surface area contributed by atoms with Crippen molar-refractivity contribution in [3.8, 4) is 5.75 Å². The number of piperazine rings is 1. The monoisotopic (exact) mass is 385 g/mol. The van der Waals surface area contributed by atoms with Crippen LogP contribution in [0.15, 0.2) is 42.5 Å². The lowest BCUT2D eigenvalue weighted by Gasteiger charge is -2.34. The molecular formula is C21H24FN3O3. The molecule has 2 amide bonds. The zero-order valence-electron chi connectivity index (χ0n) is 16.1. The van der Waals surface area contributed by atoms with Crippen molar-refractivity contribution in [1.29, 1.82) is 0 Å². The first-order valence-corrected chi connectivity index (χ1v) is 9.18. The van der Waals surface area contributed by atoms with Gasteiger partial charge in [0.2, 0.25) is 0 Å². The number of Topliss-reactive ketones (excluding diaryl/α,β-unsaturated/α-hetero) is 1. The van der Waals surface area contributed by atoms with Crippen molar-refractivity contribution in [2.24, 2.45) is 0 Å². The van der Waals surface area contributed by atoms with Crippen LogP contribution in [0.1, 0.15) is 22.8 Å². The lowest BCUT2D eigenvalue weighted by Crippen LogP contribution is -2.49. The average Bonchev–Trinajstić information content (AvgIpc) is 2.69. The molecule has 0 unspecified atom stereocenters. The Kier molecular flexibility index (Phi) is 6.26. The van der Waals surface area contributed by atoms with Gasteiger partial charge in [-0.2, -0.15) is 0 Å². The molecule has 0 bridgehead atoms. The van der Waals surface area contributed by atoms with Crippen LogP contribution in [0.25, 0.3) is 0 Å². The van der Waals surface area contributed by atoms with Crippen LogP contribution >= 0.6 is 0 Å². The number of ketones is 1. The van der Waals surface area contributed by atoms with Crippen molar-refractivity contribution < 1.29 is 18.7 Å².